The second-order valence-corrected chi connectivity index (χ2v) is 4.84. The number of carbonyl (C=O) groups is 1. The van der Waals surface area contributed by atoms with Gasteiger partial charge in [-0.05, 0) is 37.9 Å². The first-order valence-electron chi connectivity index (χ1n) is 6.75. The molecule has 0 radical (unpaired) electrons. The molecule has 0 unspecified atom stereocenters. The van der Waals surface area contributed by atoms with Crippen LogP contribution < -0.4 is 5.32 Å². The van der Waals surface area contributed by atoms with Crippen molar-refractivity contribution in [2.75, 3.05) is 26.2 Å². The average Bonchev–Trinajstić information content (AvgIpc) is 2.89. The van der Waals surface area contributed by atoms with Crippen LogP contribution in [0.3, 0.4) is 0 Å². The Morgan fingerprint density at radius 2 is 2.22 bits per heavy atom. The normalized spacial score (nSPS) is 17.1. The number of carbonyl (C=O) groups excluding carboxylic acids is 1. The van der Waals surface area contributed by atoms with Crippen LogP contribution in [0.4, 0.5) is 0 Å². The van der Waals surface area contributed by atoms with Crippen LogP contribution >= 0.6 is 0 Å². The predicted molar refractivity (Wildman–Crippen MR) is 70.1 cm³/mol. The van der Waals surface area contributed by atoms with Crippen LogP contribution in [0.25, 0.3) is 0 Å². The SMILES string of the molecule is CCNCC1CCN(C(=O)Cn2cccn2)CC1. The highest BCUT2D eigenvalue weighted by Gasteiger charge is 2.22. The molecule has 2 heterocycles. The van der Waals surface area contributed by atoms with Gasteiger partial charge in [0.05, 0.1) is 0 Å². The van der Waals surface area contributed by atoms with Crippen LogP contribution in [0.1, 0.15) is 19.8 Å². The predicted octanol–water partition coefficient (Wildman–Crippen LogP) is 0.731. The smallest absolute Gasteiger partial charge is 0.244 e. The first kappa shape index (κ1) is 13.1. The molecule has 1 amide bonds. The van der Waals surface area contributed by atoms with Crippen LogP contribution in [0.15, 0.2) is 18.5 Å². The molecular formula is C13H22N4O. The lowest BCUT2D eigenvalue weighted by atomic mass is 9.97. The van der Waals surface area contributed by atoms with Gasteiger partial charge in [-0.25, -0.2) is 0 Å². The summed E-state index contributed by atoms with van der Waals surface area (Å²) in [6.07, 6.45) is 5.75. The van der Waals surface area contributed by atoms with Crippen molar-refractivity contribution < 1.29 is 4.79 Å². The van der Waals surface area contributed by atoms with Crippen molar-refractivity contribution in [3.05, 3.63) is 18.5 Å². The molecule has 1 aliphatic rings. The minimum Gasteiger partial charge on any atom is -0.341 e. The van der Waals surface area contributed by atoms with E-state index in [1.165, 1.54) is 0 Å². The molecule has 18 heavy (non-hydrogen) atoms. The Morgan fingerprint density at radius 3 is 2.83 bits per heavy atom. The molecule has 2 rings (SSSR count). The molecule has 0 bridgehead atoms. The average molecular weight is 250 g/mol. The number of likely N-dealkylation sites (tertiary alicyclic amines) is 1. The lowest BCUT2D eigenvalue weighted by molar-refractivity contribution is -0.133. The molecule has 0 aliphatic carbocycles. The van der Waals surface area contributed by atoms with E-state index in [-0.39, 0.29) is 5.91 Å². The molecule has 1 aromatic rings. The molecule has 5 heteroatoms. The van der Waals surface area contributed by atoms with Gasteiger partial charge < -0.3 is 10.2 Å². The van der Waals surface area contributed by atoms with Gasteiger partial charge in [0.15, 0.2) is 0 Å². The van der Waals surface area contributed by atoms with E-state index in [4.69, 9.17) is 0 Å². The summed E-state index contributed by atoms with van der Waals surface area (Å²) in [4.78, 5) is 14.0. The maximum absolute atomic E-state index is 12.0. The molecule has 0 saturated carbocycles. The summed E-state index contributed by atoms with van der Waals surface area (Å²) in [6, 6.07) is 1.84. The highest BCUT2D eigenvalue weighted by molar-refractivity contribution is 5.75. The Labute approximate surface area is 108 Å². The first-order valence-corrected chi connectivity index (χ1v) is 6.75. The Kier molecular flexibility index (Phi) is 4.75. The van der Waals surface area contributed by atoms with Gasteiger partial charge in [0.2, 0.25) is 5.91 Å². The van der Waals surface area contributed by atoms with Crippen LogP contribution in [-0.2, 0) is 11.3 Å². The molecule has 0 atom stereocenters. The molecule has 1 aliphatic heterocycles. The quantitative estimate of drug-likeness (QED) is 0.838. The van der Waals surface area contributed by atoms with Crippen molar-refractivity contribution in [2.45, 2.75) is 26.3 Å². The van der Waals surface area contributed by atoms with Crippen molar-refractivity contribution in [3.63, 3.8) is 0 Å². The third-order valence-corrected chi connectivity index (χ3v) is 3.51. The summed E-state index contributed by atoms with van der Waals surface area (Å²) < 4.78 is 1.69. The fraction of sp³-hybridized carbons (Fsp3) is 0.692. The van der Waals surface area contributed by atoms with E-state index in [0.717, 1.165) is 44.9 Å². The molecule has 1 saturated heterocycles. The van der Waals surface area contributed by atoms with Gasteiger partial charge in [0, 0.05) is 25.5 Å². The van der Waals surface area contributed by atoms with E-state index in [2.05, 4.69) is 17.3 Å². The minimum atomic E-state index is 0.181. The lowest BCUT2D eigenvalue weighted by Crippen LogP contribution is -2.42. The summed E-state index contributed by atoms with van der Waals surface area (Å²) in [5.74, 6) is 0.902. The number of piperidine rings is 1. The second kappa shape index (κ2) is 6.54. The number of amides is 1. The Bertz CT molecular complexity index is 355. The van der Waals surface area contributed by atoms with Crippen LogP contribution in [-0.4, -0.2) is 46.8 Å². The van der Waals surface area contributed by atoms with Crippen LogP contribution in [0, 0.1) is 5.92 Å². The molecule has 0 aromatic carbocycles. The number of hydrogen-bond donors (Lipinski definition) is 1. The Balaban J connectivity index is 1.73. The van der Waals surface area contributed by atoms with Crippen molar-refractivity contribution in [1.29, 1.82) is 0 Å². The summed E-state index contributed by atoms with van der Waals surface area (Å²) in [5.41, 5.74) is 0. The minimum absolute atomic E-state index is 0.181. The van der Waals surface area contributed by atoms with Gasteiger partial charge in [-0.15, -0.1) is 0 Å². The zero-order valence-corrected chi connectivity index (χ0v) is 11.0. The van der Waals surface area contributed by atoms with E-state index < -0.39 is 0 Å². The topological polar surface area (TPSA) is 50.2 Å². The maximum atomic E-state index is 12.0. The Hall–Kier alpha value is -1.36. The lowest BCUT2D eigenvalue weighted by Gasteiger charge is -2.32. The number of nitrogens with one attached hydrogen (secondary N) is 1. The van der Waals surface area contributed by atoms with Crippen molar-refractivity contribution in [2.24, 2.45) is 5.92 Å². The zero-order chi connectivity index (χ0) is 12.8. The van der Waals surface area contributed by atoms with Crippen LogP contribution in [0.5, 0.6) is 0 Å². The van der Waals surface area contributed by atoms with Gasteiger partial charge >= 0.3 is 0 Å². The largest absolute Gasteiger partial charge is 0.341 e. The van der Waals surface area contributed by atoms with Gasteiger partial charge in [-0.2, -0.15) is 5.10 Å². The number of nitrogens with zero attached hydrogens (tertiary/aromatic N) is 3. The van der Waals surface area contributed by atoms with E-state index in [1.54, 1.807) is 10.9 Å². The summed E-state index contributed by atoms with van der Waals surface area (Å²) >= 11 is 0. The zero-order valence-electron chi connectivity index (χ0n) is 11.0. The summed E-state index contributed by atoms with van der Waals surface area (Å²) in [5, 5.41) is 7.45. The molecule has 1 aromatic heterocycles. The molecule has 1 N–H and O–H groups in total. The van der Waals surface area contributed by atoms with Crippen LogP contribution in [0.2, 0.25) is 0 Å². The van der Waals surface area contributed by atoms with Gasteiger partial charge in [-0.3, -0.25) is 9.48 Å². The molecule has 100 valence electrons. The third kappa shape index (κ3) is 3.57. The fourth-order valence-electron chi connectivity index (χ4n) is 2.37. The highest BCUT2D eigenvalue weighted by Crippen LogP contribution is 2.16. The van der Waals surface area contributed by atoms with Crippen molar-refractivity contribution in [3.8, 4) is 0 Å². The first-order chi connectivity index (χ1) is 8.79. The van der Waals surface area contributed by atoms with E-state index in [1.807, 2.05) is 17.2 Å². The van der Waals surface area contributed by atoms with E-state index in [9.17, 15) is 4.79 Å². The van der Waals surface area contributed by atoms with E-state index >= 15 is 0 Å². The second-order valence-electron chi connectivity index (χ2n) is 4.84. The Morgan fingerprint density at radius 1 is 1.44 bits per heavy atom. The van der Waals surface area contributed by atoms with Crippen molar-refractivity contribution in [1.82, 2.24) is 20.0 Å². The third-order valence-electron chi connectivity index (χ3n) is 3.51. The molecule has 5 nitrogen and oxygen atoms in total. The number of aromatic nitrogens is 2. The van der Waals surface area contributed by atoms with E-state index in [0.29, 0.717) is 6.54 Å². The monoisotopic (exact) mass is 250 g/mol. The molecular weight excluding hydrogens is 228 g/mol. The van der Waals surface area contributed by atoms with Gasteiger partial charge in [-0.1, -0.05) is 6.92 Å². The van der Waals surface area contributed by atoms with Gasteiger partial charge in [0.1, 0.15) is 6.54 Å². The van der Waals surface area contributed by atoms with Gasteiger partial charge in [0.25, 0.3) is 0 Å². The summed E-state index contributed by atoms with van der Waals surface area (Å²) in [7, 11) is 0. The fourth-order valence-corrected chi connectivity index (χ4v) is 2.37. The highest BCUT2D eigenvalue weighted by atomic mass is 16.2. The number of hydrogen-bond acceptors (Lipinski definition) is 3. The standard InChI is InChI=1S/C13H22N4O/c1-2-14-10-12-4-8-16(9-5-12)13(18)11-17-7-3-6-15-17/h3,6-7,12,14H,2,4-5,8-11H2,1H3. The van der Waals surface area contributed by atoms with Crippen molar-refractivity contribution >= 4 is 5.91 Å². The molecule has 0 spiro atoms. The summed E-state index contributed by atoms with van der Waals surface area (Å²) in [6.45, 7) is 6.37. The number of rotatable bonds is 5. The maximum Gasteiger partial charge on any atom is 0.244 e. The molecule has 1 fully saturated rings.